The molecule has 78 valence electrons. The molecule has 0 fully saturated rings. The van der Waals surface area contributed by atoms with Gasteiger partial charge in [0.15, 0.2) is 12.1 Å². The zero-order chi connectivity index (χ0) is 10.7. The molecule has 6 nitrogen and oxygen atoms in total. The molecule has 0 saturated heterocycles. The smallest absolute Gasteiger partial charge is 0.361 e. The number of rotatable bonds is 3. The molecule has 2 aromatic heterocycles. The lowest BCUT2D eigenvalue weighted by Gasteiger charge is -1.97. The SMILES string of the molecule is CCOC(=O)c1ncoc1-c1ccno1. The summed E-state index contributed by atoms with van der Waals surface area (Å²) in [5.74, 6) is 0.0270. The molecule has 6 heteroatoms. The van der Waals surface area contributed by atoms with Crippen LogP contribution in [0.25, 0.3) is 11.5 Å². The maximum atomic E-state index is 11.4. The molecular weight excluding hydrogens is 200 g/mol. The van der Waals surface area contributed by atoms with E-state index in [-0.39, 0.29) is 18.1 Å². The molecule has 2 heterocycles. The van der Waals surface area contributed by atoms with Crippen LogP contribution in [-0.2, 0) is 4.74 Å². The van der Waals surface area contributed by atoms with Crippen LogP contribution < -0.4 is 0 Å². The normalized spacial score (nSPS) is 10.2. The Bertz CT molecular complexity index is 446. The van der Waals surface area contributed by atoms with Crippen molar-refractivity contribution in [1.29, 1.82) is 0 Å². The van der Waals surface area contributed by atoms with Gasteiger partial charge in [-0.2, -0.15) is 0 Å². The highest BCUT2D eigenvalue weighted by Gasteiger charge is 2.21. The monoisotopic (exact) mass is 208 g/mol. The molecule has 0 N–H and O–H groups in total. The lowest BCUT2D eigenvalue weighted by atomic mass is 10.3. The first-order valence-electron chi connectivity index (χ1n) is 4.34. The lowest BCUT2D eigenvalue weighted by molar-refractivity contribution is 0.0520. The average Bonchev–Trinajstić information content (AvgIpc) is 2.88. The van der Waals surface area contributed by atoms with Gasteiger partial charge < -0.3 is 13.7 Å². The number of hydrogen-bond donors (Lipinski definition) is 0. The molecule has 0 radical (unpaired) electrons. The summed E-state index contributed by atoms with van der Waals surface area (Å²) >= 11 is 0. The van der Waals surface area contributed by atoms with E-state index in [4.69, 9.17) is 13.7 Å². The van der Waals surface area contributed by atoms with Crippen LogP contribution in [0.1, 0.15) is 17.4 Å². The molecule has 0 amide bonds. The second-order valence-electron chi connectivity index (χ2n) is 2.63. The van der Waals surface area contributed by atoms with Gasteiger partial charge in [0.25, 0.3) is 0 Å². The van der Waals surface area contributed by atoms with Crippen LogP contribution in [-0.4, -0.2) is 22.7 Å². The minimum absolute atomic E-state index is 0.0913. The van der Waals surface area contributed by atoms with Crippen molar-refractivity contribution in [2.24, 2.45) is 0 Å². The minimum atomic E-state index is -0.544. The summed E-state index contributed by atoms with van der Waals surface area (Å²) in [5, 5.41) is 3.51. The van der Waals surface area contributed by atoms with Crippen molar-refractivity contribution in [1.82, 2.24) is 10.1 Å². The van der Waals surface area contributed by atoms with Crippen molar-refractivity contribution in [2.45, 2.75) is 6.92 Å². The van der Waals surface area contributed by atoms with Gasteiger partial charge in [-0.1, -0.05) is 5.16 Å². The van der Waals surface area contributed by atoms with Crippen molar-refractivity contribution in [3.8, 4) is 11.5 Å². The molecule has 0 saturated carbocycles. The molecule has 0 bridgehead atoms. The first kappa shape index (κ1) is 9.45. The van der Waals surface area contributed by atoms with Crippen LogP contribution in [0, 0.1) is 0 Å². The average molecular weight is 208 g/mol. The zero-order valence-corrected chi connectivity index (χ0v) is 7.97. The Kier molecular flexibility index (Phi) is 2.49. The second kappa shape index (κ2) is 3.95. The Balaban J connectivity index is 2.34. The number of oxazole rings is 1. The first-order chi connectivity index (χ1) is 7.33. The molecular formula is C9H8N2O4. The van der Waals surface area contributed by atoms with E-state index in [1.807, 2.05) is 0 Å². The first-order valence-corrected chi connectivity index (χ1v) is 4.34. The van der Waals surface area contributed by atoms with Gasteiger partial charge >= 0.3 is 5.97 Å². The standard InChI is InChI=1S/C9H8N2O4/c1-2-13-9(12)7-8(14-5-10-7)6-3-4-11-15-6/h3-5H,2H2,1H3. The molecule has 0 aliphatic rings. The second-order valence-corrected chi connectivity index (χ2v) is 2.63. The van der Waals surface area contributed by atoms with Crippen LogP contribution in [0.15, 0.2) is 27.6 Å². The summed E-state index contributed by atoms with van der Waals surface area (Å²) in [6.07, 6.45) is 2.61. The van der Waals surface area contributed by atoms with Gasteiger partial charge in [0.05, 0.1) is 12.8 Å². The van der Waals surface area contributed by atoms with Crippen LogP contribution in [0.5, 0.6) is 0 Å². The van der Waals surface area contributed by atoms with Crippen molar-refractivity contribution in [3.05, 3.63) is 24.4 Å². The highest BCUT2D eigenvalue weighted by molar-refractivity contribution is 5.92. The highest BCUT2D eigenvalue weighted by Crippen LogP contribution is 2.22. The van der Waals surface area contributed by atoms with E-state index in [1.54, 1.807) is 13.0 Å². The molecule has 0 atom stereocenters. The summed E-state index contributed by atoms with van der Waals surface area (Å²) in [4.78, 5) is 15.2. The van der Waals surface area contributed by atoms with E-state index in [0.717, 1.165) is 6.39 Å². The third-order valence-corrected chi connectivity index (χ3v) is 1.70. The Labute approximate surface area is 84.8 Å². The van der Waals surface area contributed by atoms with Crippen molar-refractivity contribution in [3.63, 3.8) is 0 Å². The van der Waals surface area contributed by atoms with Crippen molar-refractivity contribution >= 4 is 5.97 Å². The van der Waals surface area contributed by atoms with E-state index in [1.165, 1.54) is 6.20 Å². The molecule has 0 aliphatic carbocycles. The van der Waals surface area contributed by atoms with Gasteiger partial charge in [0.1, 0.15) is 0 Å². The number of hydrogen-bond acceptors (Lipinski definition) is 6. The topological polar surface area (TPSA) is 78.4 Å². The predicted octanol–water partition coefficient (Wildman–Crippen LogP) is 1.51. The summed E-state index contributed by atoms with van der Waals surface area (Å²) in [6.45, 7) is 1.99. The zero-order valence-electron chi connectivity index (χ0n) is 7.97. The van der Waals surface area contributed by atoms with Gasteiger partial charge in [0.2, 0.25) is 11.5 Å². The van der Waals surface area contributed by atoms with Crippen molar-refractivity contribution in [2.75, 3.05) is 6.61 Å². The molecule has 0 aromatic carbocycles. The third kappa shape index (κ3) is 1.74. The number of carbonyl (C=O) groups is 1. The number of ether oxygens (including phenoxy) is 1. The quantitative estimate of drug-likeness (QED) is 0.711. The minimum Gasteiger partial charge on any atom is -0.461 e. The van der Waals surface area contributed by atoms with Crippen LogP contribution >= 0.6 is 0 Å². The number of esters is 1. The summed E-state index contributed by atoms with van der Waals surface area (Å²) in [5.41, 5.74) is 0.0913. The van der Waals surface area contributed by atoms with Crippen LogP contribution in [0.3, 0.4) is 0 Å². The third-order valence-electron chi connectivity index (χ3n) is 1.70. The van der Waals surface area contributed by atoms with E-state index in [2.05, 4.69) is 10.1 Å². The molecule has 15 heavy (non-hydrogen) atoms. The largest absolute Gasteiger partial charge is 0.461 e. The van der Waals surface area contributed by atoms with Crippen LogP contribution in [0.2, 0.25) is 0 Å². The Hall–Kier alpha value is -2.11. The van der Waals surface area contributed by atoms with Gasteiger partial charge in [-0.3, -0.25) is 0 Å². The molecule has 2 rings (SSSR count). The van der Waals surface area contributed by atoms with Gasteiger partial charge in [0, 0.05) is 6.07 Å². The molecule has 0 unspecified atom stereocenters. The fourth-order valence-corrected chi connectivity index (χ4v) is 1.10. The Morgan fingerprint density at radius 1 is 1.60 bits per heavy atom. The van der Waals surface area contributed by atoms with Gasteiger partial charge in [-0.15, -0.1) is 0 Å². The fraction of sp³-hybridized carbons (Fsp3) is 0.222. The maximum Gasteiger partial charge on any atom is 0.361 e. The van der Waals surface area contributed by atoms with Crippen molar-refractivity contribution < 1.29 is 18.5 Å². The van der Waals surface area contributed by atoms with Gasteiger partial charge in [-0.05, 0) is 6.92 Å². The van der Waals surface area contributed by atoms with E-state index < -0.39 is 5.97 Å². The van der Waals surface area contributed by atoms with E-state index >= 15 is 0 Å². The molecule has 0 spiro atoms. The summed E-state index contributed by atoms with van der Waals surface area (Å²) in [6, 6.07) is 1.57. The molecule has 0 aliphatic heterocycles. The maximum absolute atomic E-state index is 11.4. The summed E-state index contributed by atoms with van der Waals surface area (Å²) < 4.78 is 14.7. The lowest BCUT2D eigenvalue weighted by Crippen LogP contribution is -2.06. The summed E-state index contributed by atoms with van der Waals surface area (Å²) in [7, 11) is 0. The van der Waals surface area contributed by atoms with E-state index in [9.17, 15) is 4.79 Å². The fourth-order valence-electron chi connectivity index (χ4n) is 1.10. The number of nitrogens with zero attached hydrogens (tertiary/aromatic N) is 2. The Morgan fingerprint density at radius 3 is 3.13 bits per heavy atom. The van der Waals surface area contributed by atoms with E-state index in [0.29, 0.717) is 5.76 Å². The predicted molar refractivity (Wildman–Crippen MR) is 48.0 cm³/mol. The molecule has 2 aromatic rings. The van der Waals surface area contributed by atoms with Crippen LogP contribution in [0.4, 0.5) is 0 Å². The Morgan fingerprint density at radius 2 is 2.47 bits per heavy atom. The number of carbonyl (C=O) groups excluding carboxylic acids is 1. The highest BCUT2D eigenvalue weighted by atomic mass is 16.5. The van der Waals surface area contributed by atoms with Gasteiger partial charge in [-0.25, -0.2) is 9.78 Å². The number of aromatic nitrogens is 2.